The van der Waals surface area contributed by atoms with Crippen LogP contribution in [0.4, 0.5) is 5.69 Å². The van der Waals surface area contributed by atoms with Crippen LogP contribution in [0.1, 0.15) is 11.1 Å². The van der Waals surface area contributed by atoms with Crippen LogP contribution in [-0.2, 0) is 16.0 Å². The Labute approximate surface area is 148 Å². The van der Waals surface area contributed by atoms with Gasteiger partial charge in [0, 0.05) is 21.7 Å². The second kappa shape index (κ2) is 8.13. The van der Waals surface area contributed by atoms with Crippen LogP contribution in [0.3, 0.4) is 0 Å². The van der Waals surface area contributed by atoms with Crippen molar-refractivity contribution in [3.63, 3.8) is 0 Å². The molecule has 0 spiro atoms. The van der Waals surface area contributed by atoms with E-state index in [0.717, 1.165) is 15.6 Å². The van der Waals surface area contributed by atoms with Crippen molar-refractivity contribution in [2.75, 3.05) is 11.9 Å². The van der Waals surface area contributed by atoms with Crippen LogP contribution in [0.15, 0.2) is 46.9 Å². The SMILES string of the molecule is Cc1ccc(NC(=O)C(=O)NCCc2cccc(Cl)c2)cc1Br. The molecule has 4 nitrogen and oxygen atoms in total. The third kappa shape index (κ3) is 5.37. The highest BCUT2D eigenvalue weighted by Crippen LogP contribution is 2.20. The van der Waals surface area contributed by atoms with Crippen LogP contribution in [0.25, 0.3) is 0 Å². The first-order valence-electron chi connectivity index (χ1n) is 7.05. The van der Waals surface area contributed by atoms with Crippen LogP contribution in [0.5, 0.6) is 0 Å². The maximum absolute atomic E-state index is 11.8. The first-order valence-corrected chi connectivity index (χ1v) is 8.22. The molecule has 0 aliphatic rings. The summed E-state index contributed by atoms with van der Waals surface area (Å²) in [6.45, 7) is 2.31. The van der Waals surface area contributed by atoms with E-state index >= 15 is 0 Å². The van der Waals surface area contributed by atoms with Crippen molar-refractivity contribution in [1.82, 2.24) is 5.32 Å². The van der Waals surface area contributed by atoms with Gasteiger partial charge < -0.3 is 10.6 Å². The quantitative estimate of drug-likeness (QED) is 0.775. The van der Waals surface area contributed by atoms with Gasteiger partial charge in [-0.3, -0.25) is 9.59 Å². The van der Waals surface area contributed by atoms with Gasteiger partial charge >= 0.3 is 11.8 Å². The number of amides is 2. The molecule has 6 heteroatoms. The number of aryl methyl sites for hydroxylation is 1. The molecule has 2 rings (SSSR count). The molecular formula is C17H16BrClN2O2. The summed E-state index contributed by atoms with van der Waals surface area (Å²) in [5.41, 5.74) is 2.62. The monoisotopic (exact) mass is 394 g/mol. The summed E-state index contributed by atoms with van der Waals surface area (Å²) in [5.74, 6) is -1.35. The Morgan fingerprint density at radius 1 is 1.13 bits per heavy atom. The van der Waals surface area contributed by atoms with Crippen molar-refractivity contribution < 1.29 is 9.59 Å². The lowest BCUT2D eigenvalue weighted by molar-refractivity contribution is -0.136. The van der Waals surface area contributed by atoms with E-state index in [2.05, 4.69) is 26.6 Å². The summed E-state index contributed by atoms with van der Waals surface area (Å²) in [6, 6.07) is 12.7. The molecule has 120 valence electrons. The number of carbonyl (C=O) groups is 2. The zero-order chi connectivity index (χ0) is 16.8. The third-order valence-electron chi connectivity index (χ3n) is 3.22. The smallest absolute Gasteiger partial charge is 0.313 e. The molecule has 0 aliphatic carbocycles. The van der Waals surface area contributed by atoms with E-state index in [1.165, 1.54) is 0 Å². The number of nitrogens with one attached hydrogen (secondary N) is 2. The van der Waals surface area contributed by atoms with E-state index in [4.69, 9.17) is 11.6 Å². The molecule has 0 unspecified atom stereocenters. The average molecular weight is 396 g/mol. The highest BCUT2D eigenvalue weighted by molar-refractivity contribution is 9.10. The first kappa shape index (κ1) is 17.5. The summed E-state index contributed by atoms with van der Waals surface area (Å²) in [6.07, 6.45) is 0.607. The minimum absolute atomic E-state index is 0.365. The highest BCUT2D eigenvalue weighted by atomic mass is 79.9. The van der Waals surface area contributed by atoms with Crippen molar-refractivity contribution in [3.05, 3.63) is 63.1 Å². The summed E-state index contributed by atoms with van der Waals surface area (Å²) >= 11 is 9.28. The topological polar surface area (TPSA) is 58.2 Å². The zero-order valence-electron chi connectivity index (χ0n) is 12.5. The van der Waals surface area contributed by atoms with Gasteiger partial charge in [0.15, 0.2) is 0 Å². The molecule has 0 saturated carbocycles. The molecule has 0 atom stereocenters. The van der Waals surface area contributed by atoms with E-state index in [1.807, 2.05) is 31.2 Å². The van der Waals surface area contributed by atoms with Crippen molar-refractivity contribution in [3.8, 4) is 0 Å². The van der Waals surface area contributed by atoms with Crippen LogP contribution in [-0.4, -0.2) is 18.4 Å². The largest absolute Gasteiger partial charge is 0.347 e. The maximum atomic E-state index is 11.8. The van der Waals surface area contributed by atoms with Crippen molar-refractivity contribution in [2.24, 2.45) is 0 Å². The molecular weight excluding hydrogens is 380 g/mol. The number of hydrogen-bond donors (Lipinski definition) is 2. The van der Waals surface area contributed by atoms with E-state index in [0.29, 0.717) is 23.7 Å². The van der Waals surface area contributed by atoms with Gasteiger partial charge in [-0.05, 0) is 48.7 Å². The van der Waals surface area contributed by atoms with E-state index in [1.54, 1.807) is 18.2 Å². The molecule has 0 heterocycles. The molecule has 2 amide bonds. The minimum atomic E-state index is -0.688. The number of anilines is 1. The highest BCUT2D eigenvalue weighted by Gasteiger charge is 2.13. The second-order valence-corrected chi connectivity index (χ2v) is 6.34. The standard InChI is InChI=1S/C17H16BrClN2O2/c1-11-5-6-14(10-15(11)18)21-17(23)16(22)20-8-7-12-3-2-4-13(19)9-12/h2-6,9-10H,7-8H2,1H3,(H,20,22)(H,21,23). The Hall–Kier alpha value is -1.85. The molecule has 0 aromatic heterocycles. The Morgan fingerprint density at radius 3 is 2.61 bits per heavy atom. The molecule has 0 aliphatic heterocycles. The molecule has 23 heavy (non-hydrogen) atoms. The van der Waals surface area contributed by atoms with Crippen molar-refractivity contribution in [1.29, 1.82) is 0 Å². The Bertz CT molecular complexity index is 734. The fourth-order valence-corrected chi connectivity index (χ4v) is 2.54. The summed E-state index contributed by atoms with van der Waals surface area (Å²) in [7, 11) is 0. The lowest BCUT2D eigenvalue weighted by Crippen LogP contribution is -2.36. The van der Waals surface area contributed by atoms with Crippen molar-refractivity contribution in [2.45, 2.75) is 13.3 Å². The minimum Gasteiger partial charge on any atom is -0.347 e. The average Bonchev–Trinajstić information content (AvgIpc) is 2.51. The molecule has 0 fully saturated rings. The Balaban J connectivity index is 1.83. The molecule has 2 N–H and O–H groups in total. The van der Waals surface area contributed by atoms with Gasteiger partial charge in [-0.2, -0.15) is 0 Å². The van der Waals surface area contributed by atoms with Crippen LogP contribution < -0.4 is 10.6 Å². The number of carbonyl (C=O) groups excluding carboxylic acids is 2. The summed E-state index contributed by atoms with van der Waals surface area (Å²) in [5, 5.41) is 5.81. The van der Waals surface area contributed by atoms with Gasteiger partial charge in [-0.25, -0.2) is 0 Å². The fourth-order valence-electron chi connectivity index (χ4n) is 1.95. The van der Waals surface area contributed by atoms with Gasteiger partial charge in [-0.15, -0.1) is 0 Å². The molecule has 0 bridgehead atoms. The van der Waals surface area contributed by atoms with Gasteiger partial charge in [-0.1, -0.05) is 45.7 Å². The number of hydrogen-bond acceptors (Lipinski definition) is 2. The summed E-state index contributed by atoms with van der Waals surface area (Å²) in [4.78, 5) is 23.6. The zero-order valence-corrected chi connectivity index (χ0v) is 14.9. The van der Waals surface area contributed by atoms with Gasteiger partial charge in [0.1, 0.15) is 0 Å². The van der Waals surface area contributed by atoms with E-state index < -0.39 is 11.8 Å². The molecule has 2 aromatic rings. The number of halogens is 2. The fraction of sp³-hybridized carbons (Fsp3) is 0.176. The number of rotatable bonds is 4. The first-order chi connectivity index (χ1) is 11.0. The van der Waals surface area contributed by atoms with Gasteiger partial charge in [0.25, 0.3) is 0 Å². The molecule has 2 aromatic carbocycles. The molecule has 0 radical (unpaired) electrons. The van der Waals surface area contributed by atoms with E-state index in [9.17, 15) is 9.59 Å². The predicted octanol–water partition coefficient (Wildman–Crippen LogP) is 3.71. The maximum Gasteiger partial charge on any atom is 0.313 e. The van der Waals surface area contributed by atoms with E-state index in [-0.39, 0.29) is 0 Å². The van der Waals surface area contributed by atoms with Crippen LogP contribution >= 0.6 is 27.5 Å². The second-order valence-electron chi connectivity index (χ2n) is 5.05. The predicted molar refractivity (Wildman–Crippen MR) is 95.7 cm³/mol. The Kier molecular flexibility index (Phi) is 6.19. The Morgan fingerprint density at radius 2 is 1.91 bits per heavy atom. The lowest BCUT2D eigenvalue weighted by Gasteiger charge is -2.08. The number of benzene rings is 2. The van der Waals surface area contributed by atoms with Crippen LogP contribution in [0, 0.1) is 6.92 Å². The summed E-state index contributed by atoms with van der Waals surface area (Å²) < 4.78 is 0.872. The normalized spacial score (nSPS) is 10.2. The lowest BCUT2D eigenvalue weighted by atomic mass is 10.1. The van der Waals surface area contributed by atoms with Crippen molar-refractivity contribution >= 4 is 45.0 Å². The van der Waals surface area contributed by atoms with Gasteiger partial charge in [0.05, 0.1) is 0 Å². The van der Waals surface area contributed by atoms with Crippen LogP contribution in [0.2, 0.25) is 5.02 Å². The van der Waals surface area contributed by atoms with Gasteiger partial charge in [0.2, 0.25) is 0 Å². The third-order valence-corrected chi connectivity index (χ3v) is 4.31. The molecule has 0 saturated heterocycles.